The van der Waals surface area contributed by atoms with Crippen LogP contribution in [0.4, 0.5) is 11.4 Å². The van der Waals surface area contributed by atoms with Crippen molar-refractivity contribution in [1.29, 1.82) is 0 Å². The Bertz CT molecular complexity index is 3960. The Labute approximate surface area is 362 Å². The van der Waals surface area contributed by atoms with Gasteiger partial charge in [0, 0.05) is 81.2 Å². The molecule has 0 atom stereocenters. The number of anilines is 2. The summed E-state index contributed by atoms with van der Waals surface area (Å²) in [5.74, 6) is 0. The van der Waals surface area contributed by atoms with Crippen molar-refractivity contribution in [3.05, 3.63) is 151 Å². The minimum Gasteiger partial charge on any atom is -0.456 e. The molecule has 12 aromatic rings. The summed E-state index contributed by atoms with van der Waals surface area (Å²) in [6.07, 6.45) is 0. The van der Waals surface area contributed by atoms with Crippen LogP contribution in [-0.2, 0) is 10.8 Å². The molecule has 0 amide bonds. The first kappa shape index (κ1) is 34.9. The van der Waals surface area contributed by atoms with Gasteiger partial charge < -0.3 is 18.2 Å². The standard InChI is InChI=1S/C56H41BN2O2S/c1-55(2,3)30-15-18-32(19-16-30)59-45-26-42-41-23-31(56(4,5)6)17-22-51(41)62-52(42)28-38(45)35-20-21-36-37-27-49-40(34-12-8-10-14-48(34)60-49)25-44(37)58-46-29-50-39(33-11-7-9-13-47(33)61-50)24-43(46)57(59)53(35)54(36)58/h7-29H,1-6H3. The molecule has 0 unspecified atom stereocenters. The quantitative estimate of drug-likeness (QED) is 0.155. The highest BCUT2D eigenvalue weighted by atomic mass is 32.1. The van der Waals surface area contributed by atoms with Crippen LogP contribution in [0.2, 0.25) is 0 Å². The molecule has 14 rings (SSSR count). The molecule has 0 aliphatic carbocycles. The van der Waals surface area contributed by atoms with Crippen LogP contribution < -0.4 is 15.7 Å². The molecule has 4 aromatic heterocycles. The molecular formula is C56H41BN2O2S. The molecule has 4 nitrogen and oxygen atoms in total. The van der Waals surface area contributed by atoms with Crippen molar-refractivity contribution in [2.24, 2.45) is 0 Å². The van der Waals surface area contributed by atoms with E-state index in [2.05, 4.69) is 190 Å². The Balaban J connectivity index is 1.15. The molecule has 296 valence electrons. The molecular weight excluding hydrogens is 776 g/mol. The number of para-hydroxylation sites is 2. The molecule has 2 aliphatic heterocycles. The number of hydrogen-bond acceptors (Lipinski definition) is 4. The monoisotopic (exact) mass is 816 g/mol. The minimum atomic E-state index is -0.122. The van der Waals surface area contributed by atoms with E-state index in [0.29, 0.717) is 0 Å². The summed E-state index contributed by atoms with van der Waals surface area (Å²) < 4.78 is 18.4. The van der Waals surface area contributed by atoms with Gasteiger partial charge in [-0.25, -0.2) is 0 Å². The number of hydrogen-bond donors (Lipinski definition) is 0. The lowest BCUT2D eigenvalue weighted by atomic mass is 9.44. The van der Waals surface area contributed by atoms with Gasteiger partial charge in [0.15, 0.2) is 0 Å². The second kappa shape index (κ2) is 11.6. The zero-order chi connectivity index (χ0) is 41.6. The summed E-state index contributed by atoms with van der Waals surface area (Å²) in [4.78, 5) is 2.66. The van der Waals surface area contributed by atoms with Gasteiger partial charge in [-0.1, -0.05) is 114 Å². The number of nitrogens with zero attached hydrogens (tertiary/aromatic N) is 2. The molecule has 0 bridgehead atoms. The van der Waals surface area contributed by atoms with Crippen molar-refractivity contribution < 1.29 is 8.83 Å². The van der Waals surface area contributed by atoms with Crippen LogP contribution in [0.1, 0.15) is 52.7 Å². The van der Waals surface area contributed by atoms with E-state index in [1.807, 2.05) is 11.3 Å². The summed E-state index contributed by atoms with van der Waals surface area (Å²) in [5, 5.41) is 9.59. The maximum absolute atomic E-state index is 6.70. The van der Waals surface area contributed by atoms with Crippen molar-refractivity contribution in [3.63, 3.8) is 0 Å². The molecule has 0 saturated carbocycles. The Hall–Kier alpha value is -6.76. The van der Waals surface area contributed by atoms with Gasteiger partial charge in [0.1, 0.15) is 22.3 Å². The molecule has 0 fully saturated rings. The van der Waals surface area contributed by atoms with Crippen molar-refractivity contribution in [2.75, 3.05) is 4.81 Å². The Morgan fingerprint density at radius 1 is 0.468 bits per heavy atom. The van der Waals surface area contributed by atoms with E-state index in [9.17, 15) is 0 Å². The van der Waals surface area contributed by atoms with Gasteiger partial charge in [0.2, 0.25) is 0 Å². The summed E-state index contributed by atoms with van der Waals surface area (Å²) in [7, 11) is 0. The van der Waals surface area contributed by atoms with Crippen LogP contribution in [0.15, 0.2) is 148 Å². The minimum absolute atomic E-state index is 0.0282. The molecule has 0 radical (unpaired) electrons. The summed E-state index contributed by atoms with van der Waals surface area (Å²) in [6, 6.07) is 52.5. The van der Waals surface area contributed by atoms with Crippen LogP contribution in [0.25, 0.3) is 103 Å². The van der Waals surface area contributed by atoms with Gasteiger partial charge >= 0.3 is 6.85 Å². The lowest BCUT2D eigenvalue weighted by Crippen LogP contribution is -2.60. The summed E-state index contributed by atoms with van der Waals surface area (Å²) in [6.45, 7) is 13.7. The molecule has 62 heavy (non-hydrogen) atoms. The highest BCUT2D eigenvalue weighted by Gasteiger charge is 2.44. The van der Waals surface area contributed by atoms with Gasteiger partial charge in [-0.05, 0) is 99.1 Å². The number of thiophene rings is 1. The molecule has 6 heterocycles. The lowest BCUT2D eigenvalue weighted by Gasteiger charge is -2.42. The fraction of sp³-hybridized carbons (Fsp3) is 0.143. The third kappa shape index (κ3) is 4.52. The van der Waals surface area contributed by atoms with E-state index in [0.717, 1.165) is 49.6 Å². The van der Waals surface area contributed by atoms with Crippen molar-refractivity contribution in [1.82, 2.24) is 4.57 Å². The predicted octanol–water partition coefficient (Wildman–Crippen LogP) is 14.8. The van der Waals surface area contributed by atoms with Crippen LogP contribution in [0.3, 0.4) is 0 Å². The van der Waals surface area contributed by atoms with Crippen molar-refractivity contribution in [2.45, 2.75) is 52.4 Å². The Morgan fingerprint density at radius 2 is 1.13 bits per heavy atom. The fourth-order valence-electron chi connectivity index (χ4n) is 11.0. The maximum atomic E-state index is 6.70. The fourth-order valence-corrected chi connectivity index (χ4v) is 12.1. The Morgan fingerprint density at radius 3 is 1.85 bits per heavy atom. The van der Waals surface area contributed by atoms with E-state index in [-0.39, 0.29) is 17.7 Å². The average molecular weight is 817 g/mol. The number of fused-ring (bicyclic) bond motifs is 17. The second-order valence-electron chi connectivity index (χ2n) is 19.7. The third-order valence-corrected chi connectivity index (χ3v) is 15.2. The van der Waals surface area contributed by atoms with Gasteiger partial charge in [-0.15, -0.1) is 11.3 Å². The van der Waals surface area contributed by atoms with Crippen molar-refractivity contribution in [3.8, 4) is 16.8 Å². The lowest BCUT2D eigenvalue weighted by molar-refractivity contribution is 0.590. The van der Waals surface area contributed by atoms with Crippen molar-refractivity contribution >= 4 is 126 Å². The maximum Gasteiger partial charge on any atom is 0.333 e. The summed E-state index contributed by atoms with van der Waals surface area (Å²) in [5.41, 5.74) is 17.5. The van der Waals surface area contributed by atoms with E-state index in [4.69, 9.17) is 8.83 Å². The normalized spacial score (nSPS) is 13.9. The zero-order valence-corrected chi connectivity index (χ0v) is 36.3. The number of furan rings is 2. The van der Waals surface area contributed by atoms with E-state index >= 15 is 0 Å². The largest absolute Gasteiger partial charge is 0.456 e. The smallest absolute Gasteiger partial charge is 0.333 e. The molecule has 0 saturated heterocycles. The highest BCUT2D eigenvalue weighted by Crippen LogP contribution is 2.50. The predicted molar refractivity (Wildman–Crippen MR) is 265 cm³/mol. The van der Waals surface area contributed by atoms with Crippen LogP contribution in [0.5, 0.6) is 0 Å². The van der Waals surface area contributed by atoms with Crippen LogP contribution >= 0.6 is 11.3 Å². The van der Waals surface area contributed by atoms with Crippen LogP contribution in [-0.4, -0.2) is 11.4 Å². The number of rotatable bonds is 1. The number of benzene rings is 8. The first-order valence-electron chi connectivity index (χ1n) is 21.8. The van der Waals surface area contributed by atoms with Crippen LogP contribution in [0, 0.1) is 0 Å². The highest BCUT2D eigenvalue weighted by molar-refractivity contribution is 7.25. The van der Waals surface area contributed by atoms with Gasteiger partial charge in [-0.3, -0.25) is 0 Å². The van der Waals surface area contributed by atoms with Gasteiger partial charge in [0.05, 0.1) is 11.0 Å². The Kier molecular flexibility index (Phi) is 6.52. The third-order valence-electron chi connectivity index (χ3n) is 14.1. The number of aromatic nitrogens is 1. The van der Waals surface area contributed by atoms with E-state index in [1.165, 1.54) is 86.5 Å². The van der Waals surface area contributed by atoms with E-state index in [1.54, 1.807) is 0 Å². The average Bonchev–Trinajstić information content (AvgIpc) is 4.01. The molecule has 6 heteroatoms. The van der Waals surface area contributed by atoms with Gasteiger partial charge in [0.25, 0.3) is 0 Å². The topological polar surface area (TPSA) is 34.5 Å². The first-order valence-corrected chi connectivity index (χ1v) is 22.6. The van der Waals surface area contributed by atoms with Gasteiger partial charge in [-0.2, -0.15) is 0 Å². The zero-order valence-electron chi connectivity index (χ0n) is 35.5. The first-order chi connectivity index (χ1) is 30.0. The second-order valence-corrected chi connectivity index (χ2v) is 20.8. The van der Waals surface area contributed by atoms with E-state index < -0.39 is 0 Å². The molecule has 0 N–H and O–H groups in total. The summed E-state index contributed by atoms with van der Waals surface area (Å²) >= 11 is 1.91. The molecule has 8 aromatic carbocycles. The SMILES string of the molecule is CC(C)(C)c1ccc(N2B3c4cc5c(cc4-n4c6cc7c(cc6c6ccc(c3c64)-c3cc4sc6ccc(C(C)(C)C)cc6c4cc32)oc2ccccc27)oc2ccccc25)cc1. The molecule has 0 spiro atoms. The molecule has 2 aliphatic rings.